The van der Waals surface area contributed by atoms with E-state index in [0.29, 0.717) is 17.0 Å². The van der Waals surface area contributed by atoms with Crippen LogP contribution in [0.1, 0.15) is 37.7 Å². The van der Waals surface area contributed by atoms with Crippen LogP contribution in [0.3, 0.4) is 0 Å². The Hall–Kier alpha value is -3.24. The van der Waals surface area contributed by atoms with Gasteiger partial charge in [0.2, 0.25) is 0 Å². The number of hydrogen-bond donors (Lipinski definition) is 1. The van der Waals surface area contributed by atoms with Crippen LogP contribution < -0.4 is 5.32 Å². The zero-order chi connectivity index (χ0) is 20.4. The summed E-state index contributed by atoms with van der Waals surface area (Å²) in [5.74, 6) is 0.669. The molecule has 1 N–H and O–H groups in total. The van der Waals surface area contributed by atoms with E-state index in [0.717, 1.165) is 15.8 Å². The number of fused-ring (bicyclic) bond motifs is 1. The average molecular weight is 393 g/mol. The normalized spacial score (nSPS) is 10.6. The summed E-state index contributed by atoms with van der Waals surface area (Å²) in [4.78, 5) is 41.8. The zero-order valence-corrected chi connectivity index (χ0v) is 16.6. The highest BCUT2D eigenvalue weighted by Crippen LogP contribution is 2.24. The highest BCUT2D eigenvalue weighted by atomic mass is 32.1. The summed E-state index contributed by atoms with van der Waals surface area (Å²) in [5, 5.41) is 2.37. The predicted octanol–water partition coefficient (Wildman–Crippen LogP) is 2.61. The largest absolute Gasteiger partial charge is 0.345 e. The SMILES string of the molecule is C#CCNC(=O)C(=O)c1c(C)c(C(=O)Cc2ccc3scnc3c2)n(C)c1C. The minimum absolute atomic E-state index is 0.0274. The van der Waals surface area contributed by atoms with Gasteiger partial charge in [-0.15, -0.1) is 17.8 Å². The fourth-order valence-corrected chi connectivity index (χ4v) is 3.97. The molecule has 0 saturated heterocycles. The van der Waals surface area contributed by atoms with Crippen LogP contribution in [0.25, 0.3) is 10.2 Å². The summed E-state index contributed by atoms with van der Waals surface area (Å²) >= 11 is 1.55. The third kappa shape index (κ3) is 3.47. The van der Waals surface area contributed by atoms with E-state index in [1.807, 2.05) is 18.2 Å². The van der Waals surface area contributed by atoms with E-state index in [-0.39, 0.29) is 24.3 Å². The van der Waals surface area contributed by atoms with E-state index in [1.165, 1.54) is 0 Å². The Balaban J connectivity index is 1.91. The molecule has 0 aliphatic rings. The van der Waals surface area contributed by atoms with Crippen molar-refractivity contribution in [1.82, 2.24) is 14.9 Å². The van der Waals surface area contributed by atoms with Crippen LogP contribution in [-0.2, 0) is 18.3 Å². The molecule has 2 heterocycles. The van der Waals surface area contributed by atoms with Gasteiger partial charge < -0.3 is 9.88 Å². The van der Waals surface area contributed by atoms with Crippen LogP contribution in [0.4, 0.5) is 0 Å². The number of carbonyl (C=O) groups is 3. The lowest BCUT2D eigenvalue weighted by Gasteiger charge is -2.06. The Morgan fingerprint density at radius 3 is 2.75 bits per heavy atom. The first-order valence-electron chi connectivity index (χ1n) is 8.62. The maximum absolute atomic E-state index is 13.0. The zero-order valence-electron chi connectivity index (χ0n) is 15.8. The molecule has 28 heavy (non-hydrogen) atoms. The van der Waals surface area contributed by atoms with Crippen LogP contribution in [0, 0.1) is 26.2 Å². The predicted molar refractivity (Wildman–Crippen MR) is 109 cm³/mol. The van der Waals surface area contributed by atoms with Crippen molar-refractivity contribution in [1.29, 1.82) is 0 Å². The number of Topliss-reactive ketones (excluding diaryl/α,β-unsaturated/α-hetero) is 2. The summed E-state index contributed by atoms with van der Waals surface area (Å²) in [7, 11) is 1.72. The third-order valence-corrected chi connectivity index (χ3v) is 5.55. The van der Waals surface area contributed by atoms with Gasteiger partial charge in [-0.25, -0.2) is 4.98 Å². The Bertz CT molecular complexity index is 1150. The molecule has 1 amide bonds. The number of aromatic nitrogens is 2. The molecule has 0 radical (unpaired) electrons. The van der Waals surface area contributed by atoms with Crippen molar-refractivity contribution in [3.63, 3.8) is 0 Å². The quantitative estimate of drug-likeness (QED) is 0.397. The van der Waals surface area contributed by atoms with E-state index >= 15 is 0 Å². The highest BCUT2D eigenvalue weighted by Gasteiger charge is 2.28. The van der Waals surface area contributed by atoms with E-state index < -0.39 is 11.7 Å². The van der Waals surface area contributed by atoms with Gasteiger partial charge in [-0.2, -0.15) is 0 Å². The van der Waals surface area contributed by atoms with E-state index in [2.05, 4.69) is 16.2 Å². The second-order valence-corrected chi connectivity index (χ2v) is 7.35. The Morgan fingerprint density at radius 2 is 2.04 bits per heavy atom. The molecular weight excluding hydrogens is 374 g/mol. The maximum atomic E-state index is 13.0. The Kier molecular flexibility index (Phi) is 5.43. The van der Waals surface area contributed by atoms with Gasteiger partial charge in [-0.1, -0.05) is 12.0 Å². The second kappa shape index (κ2) is 7.79. The third-order valence-electron chi connectivity index (χ3n) is 4.74. The number of rotatable bonds is 6. The molecule has 0 unspecified atom stereocenters. The summed E-state index contributed by atoms with van der Waals surface area (Å²) in [5.41, 5.74) is 5.21. The monoisotopic (exact) mass is 393 g/mol. The van der Waals surface area contributed by atoms with Gasteiger partial charge in [0, 0.05) is 19.2 Å². The molecule has 0 saturated carbocycles. The lowest BCUT2D eigenvalue weighted by molar-refractivity contribution is -0.116. The van der Waals surface area contributed by atoms with Gasteiger partial charge >= 0.3 is 0 Å². The second-order valence-electron chi connectivity index (χ2n) is 6.46. The van der Waals surface area contributed by atoms with Gasteiger partial charge in [0.25, 0.3) is 11.7 Å². The summed E-state index contributed by atoms with van der Waals surface area (Å²) < 4.78 is 2.73. The first-order chi connectivity index (χ1) is 13.3. The van der Waals surface area contributed by atoms with Gasteiger partial charge in [0.15, 0.2) is 5.78 Å². The number of hydrogen-bond acceptors (Lipinski definition) is 5. The maximum Gasteiger partial charge on any atom is 0.293 e. The fourth-order valence-electron chi connectivity index (χ4n) is 3.32. The molecule has 3 aromatic rings. The summed E-state index contributed by atoms with van der Waals surface area (Å²) in [6.07, 6.45) is 5.30. The highest BCUT2D eigenvalue weighted by molar-refractivity contribution is 7.16. The van der Waals surface area contributed by atoms with Crippen LogP contribution in [0.5, 0.6) is 0 Å². The lowest BCUT2D eigenvalue weighted by Crippen LogP contribution is -2.31. The molecule has 2 aromatic heterocycles. The van der Waals surface area contributed by atoms with Crippen LogP contribution in [-0.4, -0.2) is 33.6 Å². The van der Waals surface area contributed by atoms with Gasteiger partial charge in [0.1, 0.15) is 0 Å². The van der Waals surface area contributed by atoms with Crippen molar-refractivity contribution in [2.75, 3.05) is 6.54 Å². The van der Waals surface area contributed by atoms with E-state index in [9.17, 15) is 14.4 Å². The number of terminal acetylenes is 1. The molecule has 0 atom stereocenters. The van der Waals surface area contributed by atoms with E-state index in [4.69, 9.17) is 6.42 Å². The molecule has 6 nitrogen and oxygen atoms in total. The topological polar surface area (TPSA) is 81.1 Å². The van der Waals surface area contributed by atoms with Gasteiger partial charge in [0.05, 0.1) is 33.5 Å². The van der Waals surface area contributed by atoms with Crippen LogP contribution >= 0.6 is 11.3 Å². The molecule has 0 spiro atoms. The summed E-state index contributed by atoms with van der Waals surface area (Å²) in [6, 6.07) is 5.75. The van der Waals surface area contributed by atoms with Gasteiger partial charge in [-0.3, -0.25) is 14.4 Å². The smallest absolute Gasteiger partial charge is 0.293 e. The molecule has 0 aliphatic carbocycles. The first-order valence-corrected chi connectivity index (χ1v) is 9.50. The number of nitrogens with zero attached hydrogens (tertiary/aromatic N) is 2. The van der Waals surface area contributed by atoms with Gasteiger partial charge in [-0.05, 0) is 37.1 Å². The van der Waals surface area contributed by atoms with E-state index in [1.54, 1.807) is 42.3 Å². The number of benzene rings is 1. The molecule has 1 aromatic carbocycles. The minimum atomic E-state index is -0.775. The summed E-state index contributed by atoms with van der Waals surface area (Å²) in [6.45, 7) is 3.37. The molecule has 142 valence electrons. The Morgan fingerprint density at radius 1 is 1.29 bits per heavy atom. The number of amides is 1. The molecule has 0 fully saturated rings. The molecular formula is C21H19N3O3S. The minimum Gasteiger partial charge on any atom is -0.345 e. The number of thiazole rings is 1. The van der Waals surface area contributed by atoms with Crippen molar-refractivity contribution in [3.05, 3.63) is 51.8 Å². The molecule has 0 bridgehead atoms. The standard InChI is InChI=1S/C21H19N3O3S/c1-5-8-22-21(27)20(26)18-12(2)19(24(4)13(18)3)16(25)10-14-6-7-17-15(9-14)23-11-28-17/h1,6-7,9,11H,8,10H2,2-4H3,(H,22,27). The van der Waals surface area contributed by atoms with Crippen molar-refractivity contribution in [2.45, 2.75) is 20.3 Å². The van der Waals surface area contributed by atoms with Crippen molar-refractivity contribution < 1.29 is 14.4 Å². The number of ketones is 2. The Labute approximate surface area is 166 Å². The number of carbonyl (C=O) groups excluding carboxylic acids is 3. The van der Waals surface area contributed by atoms with Crippen molar-refractivity contribution in [3.8, 4) is 12.3 Å². The van der Waals surface area contributed by atoms with Crippen LogP contribution in [0.2, 0.25) is 0 Å². The molecule has 0 aliphatic heterocycles. The first kappa shape index (κ1) is 19.5. The van der Waals surface area contributed by atoms with Crippen molar-refractivity contribution >= 4 is 39.0 Å². The van der Waals surface area contributed by atoms with Crippen molar-refractivity contribution in [2.24, 2.45) is 7.05 Å². The molecule has 3 rings (SSSR count). The number of nitrogens with one attached hydrogen (secondary N) is 1. The average Bonchev–Trinajstić information content (AvgIpc) is 3.21. The van der Waals surface area contributed by atoms with Crippen LogP contribution in [0.15, 0.2) is 23.7 Å². The fraction of sp³-hybridized carbons (Fsp3) is 0.238. The molecule has 7 heteroatoms. The lowest BCUT2D eigenvalue weighted by atomic mass is 10.0.